The van der Waals surface area contributed by atoms with Gasteiger partial charge >= 0.3 is 11.9 Å². The summed E-state index contributed by atoms with van der Waals surface area (Å²) in [6, 6.07) is 0. The van der Waals surface area contributed by atoms with E-state index in [1.807, 2.05) is 0 Å². The highest BCUT2D eigenvalue weighted by Crippen LogP contribution is 2.33. The van der Waals surface area contributed by atoms with Gasteiger partial charge in [-0.15, -0.1) is 0 Å². The van der Waals surface area contributed by atoms with Crippen LogP contribution in [0.25, 0.3) is 0 Å². The van der Waals surface area contributed by atoms with Crippen molar-refractivity contribution in [2.75, 3.05) is 0 Å². The Balaban J connectivity index is 5.19. The third-order valence-electron chi connectivity index (χ3n) is 2.54. The molecule has 5 nitrogen and oxygen atoms in total. The maximum Gasteiger partial charge on any atom is 0.335 e. The minimum absolute atomic E-state index is 0.177. The zero-order valence-corrected chi connectivity index (χ0v) is 10.1. The number of carboxylic acid groups (broad SMARTS) is 2. The molecule has 13 heavy (non-hydrogen) atoms. The fourth-order valence-electron chi connectivity index (χ4n) is 0.814. The fraction of sp³-hybridized carbons (Fsp3) is 0.714. The summed E-state index contributed by atoms with van der Waals surface area (Å²) in [4.78, 5) is 21.6. The first-order chi connectivity index (χ1) is 5.70. The van der Waals surface area contributed by atoms with Crippen LogP contribution in [0.5, 0.6) is 0 Å². The predicted molar refractivity (Wildman–Crippen MR) is 48.5 cm³/mol. The van der Waals surface area contributed by atoms with E-state index in [2.05, 4.69) is 0 Å². The van der Waals surface area contributed by atoms with E-state index in [1.54, 1.807) is 0 Å². The van der Waals surface area contributed by atoms with Crippen molar-refractivity contribution in [3.63, 3.8) is 0 Å². The highest BCUT2D eigenvalue weighted by Gasteiger charge is 2.52. The van der Waals surface area contributed by atoms with Gasteiger partial charge in [-0.2, -0.15) is 0 Å². The zero-order chi connectivity index (χ0) is 10.9. The molecule has 6 heteroatoms. The second-order valence-electron chi connectivity index (χ2n) is 3.47. The molecule has 0 saturated heterocycles. The molecule has 0 heterocycles. The van der Waals surface area contributed by atoms with Gasteiger partial charge in [0.05, 0.1) is 0 Å². The van der Waals surface area contributed by atoms with Crippen molar-refractivity contribution in [2.24, 2.45) is 5.41 Å². The molecule has 0 radical (unpaired) electrons. The van der Waals surface area contributed by atoms with Crippen LogP contribution in [0.2, 0.25) is 0 Å². The van der Waals surface area contributed by atoms with Crippen LogP contribution >= 0.6 is 0 Å². The first-order valence-electron chi connectivity index (χ1n) is 3.72. The Morgan fingerprint density at radius 2 is 1.54 bits per heavy atom. The molecule has 0 saturated carbocycles. The summed E-state index contributed by atoms with van der Waals surface area (Å²) < 4.78 is 4.88. The van der Waals surface area contributed by atoms with E-state index in [0.717, 1.165) is 0 Å². The van der Waals surface area contributed by atoms with E-state index >= 15 is 0 Å². The van der Waals surface area contributed by atoms with Crippen LogP contribution in [0, 0.1) is 5.41 Å². The van der Waals surface area contributed by atoms with Gasteiger partial charge in [-0.1, -0.05) is 0 Å². The predicted octanol–water partition coefficient (Wildman–Crippen LogP) is -0.762. The van der Waals surface area contributed by atoms with E-state index in [0.29, 0.717) is 0 Å². The number of carbonyl (C=O) groups is 2. The van der Waals surface area contributed by atoms with Crippen molar-refractivity contribution in [2.45, 2.75) is 26.4 Å². The van der Waals surface area contributed by atoms with Crippen molar-refractivity contribution < 1.29 is 24.2 Å². The summed E-state index contributed by atoms with van der Waals surface area (Å²) in [6.07, 6.45) is 0. The molecule has 0 aliphatic rings. The Hall–Kier alpha value is -0.883. The highest BCUT2D eigenvalue weighted by molar-refractivity contribution is 6.01. The minimum Gasteiger partial charge on any atom is -0.481 e. The molecule has 0 aliphatic heterocycles. The van der Waals surface area contributed by atoms with Crippen molar-refractivity contribution in [3.05, 3.63) is 0 Å². The summed E-state index contributed by atoms with van der Waals surface area (Å²) in [5.41, 5.74) is -3.11. The third kappa shape index (κ3) is 1.73. The van der Waals surface area contributed by atoms with E-state index in [-0.39, 0.29) is 10.5 Å². The second-order valence-corrected chi connectivity index (χ2v) is 3.88. The summed E-state index contributed by atoms with van der Waals surface area (Å²) >= 11 is 0. The Morgan fingerprint density at radius 1 is 1.15 bits per heavy atom. The van der Waals surface area contributed by atoms with Crippen LogP contribution in [-0.4, -0.2) is 38.2 Å². The number of carboxylic acids is 2. The van der Waals surface area contributed by atoms with Gasteiger partial charge in [0.15, 0.2) is 5.60 Å². The van der Waals surface area contributed by atoms with E-state index < -0.39 is 23.0 Å². The molecular formula is C7H14O5Si. The van der Waals surface area contributed by atoms with Gasteiger partial charge in [0.25, 0.3) is 0 Å². The average Bonchev–Trinajstić information content (AvgIpc) is 2.01. The Bertz CT molecular complexity index is 237. The maximum absolute atomic E-state index is 10.8. The molecule has 0 spiro atoms. The Labute approximate surface area is 79.2 Å². The smallest absolute Gasteiger partial charge is 0.335 e. The van der Waals surface area contributed by atoms with Crippen LogP contribution in [0.3, 0.4) is 0 Å². The SMILES string of the molecule is CC(C)(C(=O)O)C(C)(O[SiH3])C(=O)O. The third-order valence-corrected chi connectivity index (χ3v) is 3.36. The summed E-state index contributed by atoms with van der Waals surface area (Å²) in [6.45, 7) is 3.94. The molecule has 0 bridgehead atoms. The number of aliphatic carboxylic acids is 2. The lowest BCUT2D eigenvalue weighted by molar-refractivity contribution is -0.177. The molecule has 2 N–H and O–H groups in total. The first-order valence-corrected chi connectivity index (χ1v) is 4.53. The molecule has 1 unspecified atom stereocenters. The summed E-state index contributed by atoms with van der Waals surface area (Å²) in [7, 11) is 0.177. The lowest BCUT2D eigenvalue weighted by Gasteiger charge is -2.36. The minimum atomic E-state index is -1.66. The first kappa shape index (κ1) is 12.1. The van der Waals surface area contributed by atoms with Crippen molar-refractivity contribution in [1.82, 2.24) is 0 Å². The quantitative estimate of drug-likeness (QED) is 0.591. The highest BCUT2D eigenvalue weighted by atomic mass is 28.2. The van der Waals surface area contributed by atoms with Gasteiger partial charge in [-0.3, -0.25) is 4.79 Å². The number of hydrogen-bond acceptors (Lipinski definition) is 3. The van der Waals surface area contributed by atoms with Crippen LogP contribution in [0.15, 0.2) is 0 Å². The van der Waals surface area contributed by atoms with E-state index in [4.69, 9.17) is 14.6 Å². The molecule has 0 aliphatic carbocycles. The molecule has 0 fully saturated rings. The number of hydrogen-bond donors (Lipinski definition) is 2. The average molecular weight is 206 g/mol. The topological polar surface area (TPSA) is 83.8 Å². The Kier molecular flexibility index (Phi) is 3.23. The molecular weight excluding hydrogens is 192 g/mol. The van der Waals surface area contributed by atoms with Gasteiger partial charge in [0, 0.05) is 0 Å². The van der Waals surface area contributed by atoms with Crippen molar-refractivity contribution in [3.8, 4) is 0 Å². The van der Waals surface area contributed by atoms with Gasteiger partial charge in [0.1, 0.15) is 15.9 Å². The molecule has 1 atom stereocenters. The van der Waals surface area contributed by atoms with Crippen LogP contribution < -0.4 is 0 Å². The Morgan fingerprint density at radius 3 is 1.62 bits per heavy atom. The van der Waals surface area contributed by atoms with Gasteiger partial charge in [-0.25, -0.2) is 4.79 Å². The number of rotatable bonds is 4. The normalized spacial score (nSPS) is 16.5. The summed E-state index contributed by atoms with van der Waals surface area (Å²) in [5, 5.41) is 17.7. The maximum atomic E-state index is 10.8. The zero-order valence-electron chi connectivity index (χ0n) is 8.12. The van der Waals surface area contributed by atoms with Crippen LogP contribution in [0.4, 0.5) is 0 Å². The lowest BCUT2D eigenvalue weighted by Crippen LogP contribution is -2.54. The van der Waals surface area contributed by atoms with Crippen LogP contribution in [0.1, 0.15) is 20.8 Å². The van der Waals surface area contributed by atoms with Gasteiger partial charge in [0.2, 0.25) is 0 Å². The molecule has 0 aromatic carbocycles. The van der Waals surface area contributed by atoms with Gasteiger partial charge < -0.3 is 14.6 Å². The molecule has 0 aromatic heterocycles. The largest absolute Gasteiger partial charge is 0.481 e. The van der Waals surface area contributed by atoms with E-state index in [1.165, 1.54) is 20.8 Å². The van der Waals surface area contributed by atoms with Crippen molar-refractivity contribution in [1.29, 1.82) is 0 Å². The summed E-state index contributed by atoms with van der Waals surface area (Å²) in [5.74, 6) is -2.44. The lowest BCUT2D eigenvalue weighted by atomic mass is 9.76. The second kappa shape index (κ2) is 3.47. The van der Waals surface area contributed by atoms with Crippen molar-refractivity contribution >= 4 is 22.4 Å². The molecule has 0 amide bonds. The molecule has 0 aromatic rings. The fourth-order valence-corrected chi connectivity index (χ4v) is 1.50. The molecule has 0 rings (SSSR count). The van der Waals surface area contributed by atoms with Crippen LogP contribution in [-0.2, 0) is 14.0 Å². The standard InChI is InChI=1S/C7H14O5Si/c1-6(2,4(8)9)7(3,12-13)5(10)11/h1-3,13H3,(H,8,9)(H,10,11). The monoisotopic (exact) mass is 206 g/mol. The molecule has 76 valence electrons. The van der Waals surface area contributed by atoms with Gasteiger partial charge in [-0.05, 0) is 20.8 Å². The van der Waals surface area contributed by atoms with E-state index in [9.17, 15) is 9.59 Å².